The van der Waals surface area contributed by atoms with Gasteiger partial charge in [-0.2, -0.15) is 0 Å². The summed E-state index contributed by atoms with van der Waals surface area (Å²) in [5.74, 6) is -0.224. The van der Waals surface area contributed by atoms with Gasteiger partial charge in [-0.1, -0.05) is 48.5 Å². The fraction of sp³-hybridized carbons (Fsp3) is 0.414. The van der Waals surface area contributed by atoms with E-state index in [4.69, 9.17) is 10.5 Å². The van der Waals surface area contributed by atoms with Gasteiger partial charge in [0.2, 0.25) is 17.7 Å². The standard InChI is InChI=1S/C29H40N4O4/c1-29(2,30)18-10-13-26(34)32(4)25(20-22-14-16-23(37-6)17-15-22)28(36)33(5)24(27(35)31-3)19-21-11-8-7-9-12-21/h7-17,24-25H,18-20,30H2,1-6H3,(H,31,35)/b13-10+/t24-,25-/m1/s1. The third-order valence-electron chi connectivity index (χ3n) is 6.23. The molecule has 0 heterocycles. The maximum Gasteiger partial charge on any atom is 0.246 e. The molecule has 3 amide bonds. The lowest BCUT2D eigenvalue weighted by Crippen LogP contribution is -2.55. The van der Waals surface area contributed by atoms with Crippen LogP contribution in [-0.2, 0) is 27.2 Å². The van der Waals surface area contributed by atoms with Crippen LogP contribution >= 0.6 is 0 Å². The van der Waals surface area contributed by atoms with Gasteiger partial charge >= 0.3 is 0 Å². The minimum Gasteiger partial charge on any atom is -0.497 e. The molecule has 0 aliphatic carbocycles. The van der Waals surface area contributed by atoms with Gasteiger partial charge in [0.1, 0.15) is 17.8 Å². The smallest absolute Gasteiger partial charge is 0.246 e. The summed E-state index contributed by atoms with van der Waals surface area (Å²) < 4.78 is 5.24. The highest BCUT2D eigenvalue weighted by atomic mass is 16.5. The number of ether oxygens (including phenoxy) is 1. The van der Waals surface area contributed by atoms with Gasteiger partial charge in [0.05, 0.1) is 7.11 Å². The van der Waals surface area contributed by atoms with Gasteiger partial charge in [0.15, 0.2) is 0 Å². The average molecular weight is 509 g/mol. The largest absolute Gasteiger partial charge is 0.497 e. The summed E-state index contributed by atoms with van der Waals surface area (Å²) in [6.07, 6.45) is 4.31. The molecule has 2 atom stereocenters. The highest BCUT2D eigenvalue weighted by molar-refractivity contribution is 5.95. The van der Waals surface area contributed by atoms with E-state index in [2.05, 4.69) is 5.32 Å². The molecule has 2 aromatic carbocycles. The lowest BCUT2D eigenvalue weighted by molar-refractivity contribution is -0.146. The highest BCUT2D eigenvalue weighted by Gasteiger charge is 2.34. The van der Waals surface area contributed by atoms with Crippen molar-refractivity contribution in [3.05, 3.63) is 77.9 Å². The Morgan fingerprint density at radius 2 is 1.51 bits per heavy atom. The predicted octanol–water partition coefficient (Wildman–Crippen LogP) is 2.56. The van der Waals surface area contributed by atoms with Crippen molar-refractivity contribution < 1.29 is 19.1 Å². The summed E-state index contributed by atoms with van der Waals surface area (Å²) in [6.45, 7) is 3.75. The van der Waals surface area contributed by atoms with Crippen molar-refractivity contribution in [3.63, 3.8) is 0 Å². The molecule has 2 aromatic rings. The minimum atomic E-state index is -0.829. The molecule has 0 aromatic heterocycles. The van der Waals surface area contributed by atoms with Crippen LogP contribution in [0.25, 0.3) is 0 Å². The molecule has 0 spiro atoms. The van der Waals surface area contributed by atoms with Crippen LogP contribution < -0.4 is 15.8 Å². The molecule has 8 heteroatoms. The lowest BCUT2D eigenvalue weighted by Gasteiger charge is -2.34. The SMILES string of the molecule is CNC(=O)[C@@H](Cc1ccccc1)N(C)C(=O)[C@@H](Cc1ccc(OC)cc1)N(C)C(=O)/C=C/CC(C)(C)N. The maximum atomic E-state index is 13.9. The third kappa shape index (κ3) is 9.06. The van der Waals surface area contributed by atoms with Crippen molar-refractivity contribution in [2.24, 2.45) is 5.73 Å². The van der Waals surface area contributed by atoms with Gasteiger partial charge in [-0.05, 0) is 49.6 Å². The quantitative estimate of drug-likeness (QED) is 0.429. The normalized spacial score (nSPS) is 13.1. The number of likely N-dealkylation sites (N-methyl/N-ethyl adjacent to an activating group) is 3. The summed E-state index contributed by atoms with van der Waals surface area (Å²) in [7, 11) is 6.35. The van der Waals surface area contributed by atoms with Gasteiger partial charge in [-0.3, -0.25) is 14.4 Å². The van der Waals surface area contributed by atoms with Crippen LogP contribution in [0, 0.1) is 0 Å². The number of amides is 3. The van der Waals surface area contributed by atoms with E-state index in [9.17, 15) is 14.4 Å². The zero-order valence-corrected chi connectivity index (χ0v) is 22.7. The van der Waals surface area contributed by atoms with E-state index in [1.54, 1.807) is 34.3 Å². The Morgan fingerprint density at radius 1 is 0.946 bits per heavy atom. The Hall–Kier alpha value is -3.65. The third-order valence-corrected chi connectivity index (χ3v) is 6.23. The Bertz CT molecular complexity index is 1060. The molecule has 0 radical (unpaired) electrons. The van der Waals surface area contributed by atoms with Gasteiger partial charge in [-0.25, -0.2) is 0 Å². The molecule has 37 heavy (non-hydrogen) atoms. The molecule has 0 saturated heterocycles. The molecule has 200 valence electrons. The average Bonchev–Trinajstić information content (AvgIpc) is 2.88. The monoisotopic (exact) mass is 508 g/mol. The number of nitrogens with one attached hydrogen (secondary N) is 1. The Labute approximate surface area is 220 Å². The van der Waals surface area contributed by atoms with Crippen molar-refractivity contribution in [2.75, 3.05) is 28.3 Å². The first-order chi connectivity index (χ1) is 17.5. The lowest BCUT2D eigenvalue weighted by atomic mass is 10.00. The number of carbonyl (C=O) groups is 3. The Kier molecular flexibility index (Phi) is 10.9. The molecule has 2 rings (SSSR count). The molecule has 0 unspecified atom stereocenters. The van der Waals surface area contributed by atoms with Crippen LogP contribution in [0.4, 0.5) is 0 Å². The van der Waals surface area contributed by atoms with E-state index in [1.165, 1.54) is 15.9 Å². The fourth-order valence-electron chi connectivity index (χ4n) is 3.91. The number of carbonyl (C=O) groups excluding carboxylic acids is 3. The number of rotatable bonds is 12. The zero-order valence-electron chi connectivity index (χ0n) is 22.7. The predicted molar refractivity (Wildman–Crippen MR) is 146 cm³/mol. The molecule has 8 nitrogen and oxygen atoms in total. The van der Waals surface area contributed by atoms with Gasteiger partial charge in [-0.15, -0.1) is 0 Å². The number of methoxy groups -OCH3 is 1. The van der Waals surface area contributed by atoms with Gasteiger partial charge < -0.3 is 25.6 Å². The molecule has 0 aliphatic heterocycles. The van der Waals surface area contributed by atoms with Crippen molar-refractivity contribution in [3.8, 4) is 5.75 Å². The second kappa shape index (κ2) is 13.6. The summed E-state index contributed by atoms with van der Waals surface area (Å²) in [6, 6.07) is 15.3. The van der Waals surface area contributed by atoms with Crippen LogP contribution in [0.15, 0.2) is 66.7 Å². The molecule has 3 N–H and O–H groups in total. The van der Waals surface area contributed by atoms with E-state index in [1.807, 2.05) is 68.4 Å². The van der Waals surface area contributed by atoms with Crippen LogP contribution in [0.3, 0.4) is 0 Å². The Morgan fingerprint density at radius 3 is 2.05 bits per heavy atom. The van der Waals surface area contributed by atoms with Gasteiger partial charge in [0.25, 0.3) is 0 Å². The van der Waals surface area contributed by atoms with Crippen LogP contribution in [0.1, 0.15) is 31.4 Å². The Balaban J connectivity index is 2.36. The van der Waals surface area contributed by atoms with Crippen molar-refractivity contribution in [1.82, 2.24) is 15.1 Å². The van der Waals surface area contributed by atoms with Gasteiger partial charge in [0, 0.05) is 39.5 Å². The molecule has 0 aliphatic rings. The van der Waals surface area contributed by atoms with Crippen molar-refractivity contribution in [2.45, 2.75) is 50.7 Å². The van der Waals surface area contributed by atoms with Crippen LogP contribution in [-0.4, -0.2) is 73.4 Å². The van der Waals surface area contributed by atoms with E-state index in [0.717, 1.165) is 11.1 Å². The number of hydrogen-bond donors (Lipinski definition) is 2. The van der Waals surface area contributed by atoms with E-state index in [-0.39, 0.29) is 24.1 Å². The summed E-state index contributed by atoms with van der Waals surface area (Å²) in [5, 5.41) is 2.67. The molecular formula is C29H40N4O4. The number of benzene rings is 2. The molecule has 0 bridgehead atoms. The van der Waals surface area contributed by atoms with Crippen molar-refractivity contribution >= 4 is 17.7 Å². The maximum absolute atomic E-state index is 13.9. The second-order valence-electron chi connectivity index (χ2n) is 9.88. The highest BCUT2D eigenvalue weighted by Crippen LogP contribution is 2.18. The number of nitrogens with zero attached hydrogens (tertiary/aromatic N) is 2. The van der Waals surface area contributed by atoms with E-state index >= 15 is 0 Å². The summed E-state index contributed by atoms with van der Waals surface area (Å²) >= 11 is 0. The van der Waals surface area contributed by atoms with Crippen molar-refractivity contribution in [1.29, 1.82) is 0 Å². The zero-order chi connectivity index (χ0) is 27.6. The number of nitrogens with two attached hydrogens (primary N) is 1. The molecular weight excluding hydrogens is 468 g/mol. The van der Waals surface area contributed by atoms with Crippen LogP contribution in [0.2, 0.25) is 0 Å². The van der Waals surface area contributed by atoms with Crippen LogP contribution in [0.5, 0.6) is 5.75 Å². The minimum absolute atomic E-state index is 0.275. The van der Waals surface area contributed by atoms with E-state index < -0.39 is 17.6 Å². The molecule has 0 fully saturated rings. The second-order valence-corrected chi connectivity index (χ2v) is 9.88. The first-order valence-corrected chi connectivity index (χ1v) is 12.3. The fourth-order valence-corrected chi connectivity index (χ4v) is 3.91. The van der Waals surface area contributed by atoms with E-state index in [0.29, 0.717) is 18.6 Å². The number of hydrogen-bond acceptors (Lipinski definition) is 5. The molecule has 0 saturated carbocycles. The summed E-state index contributed by atoms with van der Waals surface area (Å²) in [5.41, 5.74) is 7.36. The first-order valence-electron chi connectivity index (χ1n) is 12.3. The first kappa shape index (κ1) is 29.6. The summed E-state index contributed by atoms with van der Waals surface area (Å²) in [4.78, 5) is 42.6. The topological polar surface area (TPSA) is 105 Å².